The lowest BCUT2D eigenvalue weighted by atomic mass is 9.99. The first-order valence-electron chi connectivity index (χ1n) is 9.50. The average Bonchev–Trinajstić information content (AvgIpc) is 3.43. The zero-order valence-electron chi connectivity index (χ0n) is 16.0. The molecule has 0 bridgehead atoms. The highest BCUT2D eigenvalue weighted by Crippen LogP contribution is 2.37. The second-order valence-corrected chi connectivity index (χ2v) is 7.25. The maximum absolute atomic E-state index is 13.4. The number of furan rings is 1. The molecule has 148 valence electrons. The molecule has 0 saturated carbocycles. The van der Waals surface area contributed by atoms with Gasteiger partial charge in [-0.1, -0.05) is 18.2 Å². The van der Waals surface area contributed by atoms with E-state index in [0.717, 1.165) is 22.4 Å². The van der Waals surface area contributed by atoms with Crippen molar-refractivity contribution in [1.82, 2.24) is 19.9 Å². The molecule has 29 heavy (non-hydrogen) atoms. The molecule has 0 saturated heterocycles. The fourth-order valence-corrected chi connectivity index (χ4v) is 3.85. The van der Waals surface area contributed by atoms with Gasteiger partial charge in [0.15, 0.2) is 0 Å². The van der Waals surface area contributed by atoms with Gasteiger partial charge in [-0.3, -0.25) is 4.79 Å². The average molecular weight is 392 g/mol. The Labute approximate surface area is 166 Å². The third-order valence-corrected chi connectivity index (χ3v) is 5.26. The van der Waals surface area contributed by atoms with Gasteiger partial charge < -0.3 is 23.8 Å². The Balaban J connectivity index is 1.60. The molecule has 0 fully saturated rings. The number of aliphatic hydroxyl groups is 1. The van der Waals surface area contributed by atoms with E-state index in [4.69, 9.17) is 8.83 Å². The minimum absolute atomic E-state index is 0.126. The van der Waals surface area contributed by atoms with E-state index < -0.39 is 12.1 Å². The molecule has 0 unspecified atom stereocenters. The van der Waals surface area contributed by atoms with Gasteiger partial charge >= 0.3 is 0 Å². The molecule has 4 aromatic rings. The smallest absolute Gasteiger partial charge is 0.292 e. The van der Waals surface area contributed by atoms with Gasteiger partial charge in [-0.25, -0.2) is 9.97 Å². The fraction of sp³-hybridized carbons (Fsp3) is 0.286. The van der Waals surface area contributed by atoms with Gasteiger partial charge in [-0.05, 0) is 26.0 Å². The predicted octanol–water partition coefficient (Wildman–Crippen LogP) is 3.29. The van der Waals surface area contributed by atoms with Crippen molar-refractivity contribution in [3.8, 4) is 0 Å². The molecule has 5 rings (SSSR count). The first-order valence-corrected chi connectivity index (χ1v) is 9.50. The standard InChI is InChI=1S/C21H20N4O4/c1-11-19(29-20(24-11)12(2)26)21(27)25-8-7-14-17(23-10-22-14)18(25)16-9-13-5-3-4-6-15(13)28-16/h3-6,9-10,12,18,26H,7-8H2,1-2H3,(H,22,23)/t12-,18-/m1/s1. The summed E-state index contributed by atoms with van der Waals surface area (Å²) in [4.78, 5) is 26.9. The predicted molar refractivity (Wildman–Crippen MR) is 103 cm³/mol. The number of hydrogen-bond acceptors (Lipinski definition) is 6. The van der Waals surface area contributed by atoms with Gasteiger partial charge in [0.1, 0.15) is 23.5 Å². The summed E-state index contributed by atoms with van der Waals surface area (Å²) in [6, 6.07) is 9.19. The number of carbonyl (C=O) groups is 1. The molecule has 2 N–H and O–H groups in total. The molecule has 0 radical (unpaired) electrons. The highest BCUT2D eigenvalue weighted by molar-refractivity contribution is 5.93. The van der Waals surface area contributed by atoms with E-state index in [9.17, 15) is 9.90 Å². The van der Waals surface area contributed by atoms with E-state index in [2.05, 4.69) is 15.0 Å². The lowest BCUT2D eigenvalue weighted by molar-refractivity contribution is 0.0630. The number of nitrogens with one attached hydrogen (secondary N) is 1. The Kier molecular flexibility index (Phi) is 4.02. The van der Waals surface area contributed by atoms with Crippen LogP contribution in [0, 0.1) is 6.92 Å². The van der Waals surface area contributed by atoms with E-state index >= 15 is 0 Å². The van der Waals surface area contributed by atoms with Crippen LogP contribution in [-0.2, 0) is 6.42 Å². The van der Waals surface area contributed by atoms with Crippen molar-refractivity contribution in [3.05, 3.63) is 71.2 Å². The number of aryl methyl sites for hydroxylation is 1. The van der Waals surface area contributed by atoms with Crippen LogP contribution in [-0.4, -0.2) is 37.4 Å². The van der Waals surface area contributed by atoms with Crippen LogP contribution in [0.2, 0.25) is 0 Å². The quantitative estimate of drug-likeness (QED) is 0.554. The largest absolute Gasteiger partial charge is 0.458 e. The number of aromatic nitrogens is 3. The van der Waals surface area contributed by atoms with Crippen LogP contribution in [0.1, 0.15) is 58.4 Å². The number of para-hydroxylation sites is 1. The highest BCUT2D eigenvalue weighted by atomic mass is 16.4. The summed E-state index contributed by atoms with van der Waals surface area (Å²) in [5.41, 5.74) is 2.95. The van der Waals surface area contributed by atoms with Crippen LogP contribution in [0.25, 0.3) is 11.0 Å². The van der Waals surface area contributed by atoms with Crippen molar-refractivity contribution in [3.63, 3.8) is 0 Å². The number of amides is 1. The van der Waals surface area contributed by atoms with E-state index in [0.29, 0.717) is 24.4 Å². The lowest BCUT2D eigenvalue weighted by Gasteiger charge is -2.33. The summed E-state index contributed by atoms with van der Waals surface area (Å²) in [7, 11) is 0. The van der Waals surface area contributed by atoms with E-state index in [1.165, 1.54) is 0 Å². The van der Waals surface area contributed by atoms with E-state index in [1.54, 1.807) is 25.1 Å². The number of imidazole rings is 1. The number of hydrogen-bond donors (Lipinski definition) is 2. The molecule has 0 aliphatic carbocycles. The number of rotatable bonds is 3. The zero-order chi connectivity index (χ0) is 20.1. The third kappa shape index (κ3) is 2.84. The number of H-pyrrole nitrogens is 1. The molecule has 8 nitrogen and oxygen atoms in total. The van der Waals surface area contributed by atoms with Gasteiger partial charge in [0.2, 0.25) is 11.7 Å². The van der Waals surface area contributed by atoms with Gasteiger partial charge in [-0.2, -0.15) is 0 Å². The van der Waals surface area contributed by atoms with Gasteiger partial charge in [-0.15, -0.1) is 0 Å². The Morgan fingerprint density at radius 2 is 2.17 bits per heavy atom. The highest BCUT2D eigenvalue weighted by Gasteiger charge is 2.38. The summed E-state index contributed by atoms with van der Waals surface area (Å²) >= 11 is 0. The van der Waals surface area contributed by atoms with Crippen molar-refractivity contribution in [1.29, 1.82) is 0 Å². The van der Waals surface area contributed by atoms with Crippen LogP contribution in [0.4, 0.5) is 0 Å². The van der Waals surface area contributed by atoms with Crippen molar-refractivity contribution in [2.24, 2.45) is 0 Å². The molecule has 2 atom stereocenters. The number of aliphatic hydroxyl groups excluding tert-OH is 1. The van der Waals surface area contributed by atoms with Crippen LogP contribution in [0.15, 0.2) is 45.5 Å². The summed E-state index contributed by atoms with van der Waals surface area (Å²) < 4.78 is 11.7. The molecule has 1 aliphatic rings. The number of carbonyl (C=O) groups excluding carboxylic acids is 1. The number of nitrogens with zero attached hydrogens (tertiary/aromatic N) is 3. The Hall–Kier alpha value is -3.39. The second kappa shape index (κ2) is 6.59. The monoisotopic (exact) mass is 392 g/mol. The molecule has 1 amide bonds. The topological polar surface area (TPSA) is 108 Å². The van der Waals surface area contributed by atoms with Gasteiger partial charge in [0.05, 0.1) is 17.7 Å². The van der Waals surface area contributed by atoms with Crippen molar-refractivity contribution in [2.45, 2.75) is 32.4 Å². The minimum Gasteiger partial charge on any atom is -0.458 e. The Bertz CT molecular complexity index is 1170. The number of benzene rings is 1. The molecule has 0 spiro atoms. The molecule has 8 heteroatoms. The van der Waals surface area contributed by atoms with Crippen LogP contribution >= 0.6 is 0 Å². The normalized spacial score (nSPS) is 17.5. The minimum atomic E-state index is -0.888. The Morgan fingerprint density at radius 1 is 1.34 bits per heavy atom. The van der Waals surface area contributed by atoms with Crippen LogP contribution in [0.3, 0.4) is 0 Å². The molecule has 4 heterocycles. The molecular formula is C21H20N4O4. The van der Waals surface area contributed by atoms with E-state index in [-0.39, 0.29) is 17.6 Å². The zero-order valence-corrected chi connectivity index (χ0v) is 16.0. The fourth-order valence-electron chi connectivity index (χ4n) is 3.85. The third-order valence-electron chi connectivity index (χ3n) is 5.26. The Morgan fingerprint density at radius 3 is 2.93 bits per heavy atom. The molecule has 3 aromatic heterocycles. The van der Waals surface area contributed by atoms with Crippen LogP contribution in [0.5, 0.6) is 0 Å². The number of fused-ring (bicyclic) bond motifs is 2. The van der Waals surface area contributed by atoms with Gasteiger partial charge in [0.25, 0.3) is 5.91 Å². The molecular weight excluding hydrogens is 372 g/mol. The first-order chi connectivity index (χ1) is 14.0. The maximum Gasteiger partial charge on any atom is 0.292 e. The van der Waals surface area contributed by atoms with Crippen molar-refractivity contribution >= 4 is 16.9 Å². The van der Waals surface area contributed by atoms with Crippen LogP contribution < -0.4 is 0 Å². The molecule has 1 aromatic carbocycles. The summed E-state index contributed by atoms with van der Waals surface area (Å²) in [6.45, 7) is 3.72. The van der Waals surface area contributed by atoms with E-state index in [1.807, 2.05) is 30.3 Å². The van der Waals surface area contributed by atoms with Gasteiger partial charge in [0, 0.05) is 24.0 Å². The maximum atomic E-state index is 13.4. The van der Waals surface area contributed by atoms with Crippen molar-refractivity contribution in [2.75, 3.05) is 6.54 Å². The number of aromatic amines is 1. The summed E-state index contributed by atoms with van der Waals surface area (Å²) in [5, 5.41) is 10.7. The summed E-state index contributed by atoms with van der Waals surface area (Å²) in [5.74, 6) is 0.589. The lowest BCUT2D eigenvalue weighted by Crippen LogP contribution is -2.40. The number of oxazole rings is 1. The van der Waals surface area contributed by atoms with Crippen molar-refractivity contribution < 1.29 is 18.7 Å². The second-order valence-electron chi connectivity index (χ2n) is 7.25. The molecule has 1 aliphatic heterocycles. The summed E-state index contributed by atoms with van der Waals surface area (Å²) in [6.07, 6.45) is 1.40. The SMILES string of the molecule is Cc1nc([C@@H](C)O)oc1C(=O)N1CCc2[nH]cnc2[C@H]1c1cc2ccccc2o1. The first kappa shape index (κ1) is 17.7.